The van der Waals surface area contributed by atoms with Gasteiger partial charge in [-0.3, -0.25) is 4.79 Å². The molecule has 0 aliphatic carbocycles. The summed E-state index contributed by atoms with van der Waals surface area (Å²) >= 11 is 0. The first-order valence-electron chi connectivity index (χ1n) is 5.24. The molecule has 0 aromatic carbocycles. The molecule has 80 valence electrons. The fourth-order valence-electron chi connectivity index (χ4n) is 3.07. The maximum absolute atomic E-state index is 11.5. The fourth-order valence-corrected chi connectivity index (χ4v) is 3.07. The molecule has 0 aromatic heterocycles. The van der Waals surface area contributed by atoms with Crippen LogP contribution in [0.3, 0.4) is 0 Å². The number of hydrogen-bond donors (Lipinski definition) is 2. The van der Waals surface area contributed by atoms with E-state index >= 15 is 0 Å². The van der Waals surface area contributed by atoms with E-state index in [1.54, 1.807) is 0 Å². The topological polar surface area (TPSA) is 51.0 Å². The van der Waals surface area contributed by atoms with Gasteiger partial charge in [-0.2, -0.15) is 0 Å². The Morgan fingerprint density at radius 3 is 2.86 bits per heavy atom. The fraction of sp³-hybridized carbons (Fsp3) is 0.900. The van der Waals surface area contributed by atoms with E-state index in [2.05, 4.69) is 7.05 Å². The molecule has 2 fully saturated rings. The molecule has 4 nitrogen and oxygen atoms in total. The van der Waals surface area contributed by atoms with Gasteiger partial charge in [0.2, 0.25) is 0 Å². The lowest BCUT2D eigenvalue weighted by Gasteiger charge is -2.36. The lowest BCUT2D eigenvalue weighted by molar-refractivity contribution is -0.926. The van der Waals surface area contributed by atoms with E-state index < -0.39 is 6.10 Å². The van der Waals surface area contributed by atoms with Gasteiger partial charge in [-0.15, -0.1) is 0 Å². The highest BCUT2D eigenvalue weighted by Crippen LogP contribution is 2.28. The maximum Gasteiger partial charge on any atom is 0.317 e. The molecular weight excluding hydrogens is 182 g/mol. The second-order valence-electron chi connectivity index (χ2n) is 4.48. The third-order valence-electron chi connectivity index (χ3n) is 3.90. The van der Waals surface area contributed by atoms with E-state index in [1.807, 2.05) is 0 Å². The zero-order valence-corrected chi connectivity index (χ0v) is 8.69. The van der Waals surface area contributed by atoms with Crippen LogP contribution in [0.25, 0.3) is 0 Å². The van der Waals surface area contributed by atoms with Crippen molar-refractivity contribution in [3.8, 4) is 0 Å². The number of carbonyl (C=O) groups is 1. The summed E-state index contributed by atoms with van der Waals surface area (Å²) in [7, 11) is 3.51. The van der Waals surface area contributed by atoms with Gasteiger partial charge in [0.1, 0.15) is 12.0 Å². The van der Waals surface area contributed by atoms with Gasteiger partial charge in [-0.25, -0.2) is 0 Å². The highest BCUT2D eigenvalue weighted by atomic mass is 16.5. The minimum absolute atomic E-state index is 0.248. The average molecular weight is 200 g/mol. The molecule has 0 aromatic rings. The zero-order valence-electron chi connectivity index (χ0n) is 8.69. The first-order valence-corrected chi connectivity index (χ1v) is 5.24. The van der Waals surface area contributed by atoms with Crippen molar-refractivity contribution in [3.05, 3.63) is 0 Å². The summed E-state index contributed by atoms with van der Waals surface area (Å²) in [6.45, 7) is 0. The van der Waals surface area contributed by atoms with E-state index in [0.717, 1.165) is 19.3 Å². The average Bonchev–Trinajstić information content (AvgIpc) is 2.42. The van der Waals surface area contributed by atoms with Crippen molar-refractivity contribution in [2.45, 2.75) is 37.5 Å². The molecule has 0 radical (unpaired) electrons. The summed E-state index contributed by atoms with van der Waals surface area (Å²) in [6.07, 6.45) is 2.40. The number of aliphatic hydroxyl groups excluding tert-OH is 1. The van der Waals surface area contributed by atoms with E-state index in [0.29, 0.717) is 6.04 Å². The van der Waals surface area contributed by atoms with Crippen LogP contribution in [-0.2, 0) is 9.53 Å². The normalized spacial score (nSPS) is 46.4. The number of ether oxygens (including phenoxy) is 1. The highest BCUT2D eigenvalue weighted by molar-refractivity contribution is 5.73. The number of fused-ring (bicyclic) bond motifs is 2. The number of hydrogen-bond acceptors (Lipinski definition) is 3. The Hall–Kier alpha value is -0.610. The van der Waals surface area contributed by atoms with Crippen LogP contribution >= 0.6 is 0 Å². The molecule has 5 atom stereocenters. The molecule has 14 heavy (non-hydrogen) atoms. The van der Waals surface area contributed by atoms with Gasteiger partial charge in [-0.1, -0.05) is 0 Å². The van der Waals surface area contributed by atoms with Crippen molar-refractivity contribution in [1.29, 1.82) is 0 Å². The highest BCUT2D eigenvalue weighted by Gasteiger charge is 2.52. The molecule has 2 heterocycles. The first kappa shape index (κ1) is 9.93. The molecule has 2 saturated heterocycles. The molecule has 4 heteroatoms. The molecule has 1 unspecified atom stereocenters. The monoisotopic (exact) mass is 200 g/mol. The molecule has 2 rings (SSSR count). The summed E-state index contributed by atoms with van der Waals surface area (Å²) in [5, 5.41) is 9.85. The van der Waals surface area contributed by atoms with Crippen LogP contribution in [0.4, 0.5) is 0 Å². The minimum Gasteiger partial charge on any atom is -0.469 e. The van der Waals surface area contributed by atoms with E-state index in [4.69, 9.17) is 4.74 Å². The van der Waals surface area contributed by atoms with Crippen molar-refractivity contribution in [3.63, 3.8) is 0 Å². The Bertz CT molecular complexity index is 244. The largest absolute Gasteiger partial charge is 0.469 e. The number of quaternary nitrogens is 1. The number of methoxy groups -OCH3 is 1. The van der Waals surface area contributed by atoms with Crippen LogP contribution in [0.1, 0.15) is 19.3 Å². The second-order valence-corrected chi connectivity index (χ2v) is 4.48. The quantitative estimate of drug-likeness (QED) is 0.511. The lowest BCUT2D eigenvalue weighted by atomic mass is 9.88. The summed E-state index contributed by atoms with van der Waals surface area (Å²) in [4.78, 5) is 12.9. The summed E-state index contributed by atoms with van der Waals surface area (Å²) in [5.41, 5.74) is 0. The van der Waals surface area contributed by atoms with Crippen LogP contribution in [-0.4, -0.2) is 43.4 Å². The first-order chi connectivity index (χ1) is 6.65. The third kappa shape index (κ3) is 1.33. The number of aliphatic hydroxyl groups is 1. The number of carbonyl (C=O) groups excluding carboxylic acids is 1. The number of nitrogens with one attached hydrogen (secondary N) is 1. The summed E-state index contributed by atoms with van der Waals surface area (Å²) < 4.78 is 4.75. The van der Waals surface area contributed by atoms with Gasteiger partial charge >= 0.3 is 5.97 Å². The molecule has 2 N–H and O–H groups in total. The molecule has 2 aliphatic rings. The van der Waals surface area contributed by atoms with Crippen molar-refractivity contribution >= 4 is 5.97 Å². The van der Waals surface area contributed by atoms with Gasteiger partial charge in [0.25, 0.3) is 0 Å². The van der Waals surface area contributed by atoms with Crippen LogP contribution < -0.4 is 4.90 Å². The van der Waals surface area contributed by atoms with Crippen molar-refractivity contribution < 1.29 is 19.5 Å². The van der Waals surface area contributed by atoms with Gasteiger partial charge in [0.05, 0.1) is 26.3 Å². The molecule has 0 spiro atoms. The van der Waals surface area contributed by atoms with Gasteiger partial charge in [0.15, 0.2) is 0 Å². The summed E-state index contributed by atoms with van der Waals surface area (Å²) in [6, 6.07) is 0.798. The number of piperidine rings is 1. The minimum atomic E-state index is -0.497. The maximum atomic E-state index is 11.5. The molecule has 2 aliphatic heterocycles. The van der Waals surface area contributed by atoms with Gasteiger partial charge in [-0.05, 0) is 0 Å². The Labute approximate surface area is 83.8 Å². The van der Waals surface area contributed by atoms with Crippen molar-refractivity contribution in [1.82, 2.24) is 0 Å². The van der Waals surface area contributed by atoms with Crippen LogP contribution in [0.5, 0.6) is 0 Å². The van der Waals surface area contributed by atoms with Crippen molar-refractivity contribution in [2.24, 2.45) is 5.92 Å². The predicted molar refractivity (Wildman–Crippen MR) is 49.8 cm³/mol. The third-order valence-corrected chi connectivity index (χ3v) is 3.90. The van der Waals surface area contributed by atoms with E-state index in [1.165, 1.54) is 12.0 Å². The van der Waals surface area contributed by atoms with Gasteiger partial charge < -0.3 is 14.7 Å². The van der Waals surface area contributed by atoms with Gasteiger partial charge in [0, 0.05) is 19.3 Å². The molecule has 0 amide bonds. The predicted octanol–water partition coefficient (Wildman–Crippen LogP) is -1.41. The Morgan fingerprint density at radius 2 is 2.21 bits per heavy atom. The Balaban J connectivity index is 2.18. The zero-order chi connectivity index (χ0) is 10.3. The smallest absolute Gasteiger partial charge is 0.317 e. The number of esters is 1. The molecule has 2 bridgehead atoms. The summed E-state index contributed by atoms with van der Waals surface area (Å²) in [5.74, 6) is -0.555. The molecular formula is C10H18NO3+. The standard InChI is InChI=1S/C10H17NO3/c1-11-6-3-4-7(11)9(8(12)5-6)10(13)14-2/h6-9,12H,3-5H2,1-2H3/p+1/t6-,7+,8-,9+/m0/s1. The number of rotatable bonds is 1. The van der Waals surface area contributed by atoms with E-state index in [9.17, 15) is 9.90 Å². The van der Waals surface area contributed by atoms with Crippen LogP contribution in [0, 0.1) is 5.92 Å². The van der Waals surface area contributed by atoms with Crippen molar-refractivity contribution in [2.75, 3.05) is 14.2 Å². The second kappa shape index (κ2) is 3.51. The van der Waals surface area contributed by atoms with Crippen LogP contribution in [0.15, 0.2) is 0 Å². The van der Waals surface area contributed by atoms with E-state index in [-0.39, 0.29) is 17.9 Å². The molecule has 0 saturated carbocycles. The SMILES string of the molecule is COC(=O)[C@@H]1[C@H]2CC[C@@H](C[C@@H]1O)[NH+]2C. The Morgan fingerprint density at radius 1 is 1.50 bits per heavy atom. The Kier molecular flexibility index (Phi) is 2.49. The van der Waals surface area contributed by atoms with Crippen LogP contribution in [0.2, 0.25) is 0 Å². The lowest BCUT2D eigenvalue weighted by Crippen LogP contribution is -3.16.